The van der Waals surface area contributed by atoms with Gasteiger partial charge in [-0.3, -0.25) is 19.2 Å². The molecule has 0 N–H and O–H groups in total. The number of ether oxygens (including phenoxy) is 4. The lowest BCUT2D eigenvalue weighted by molar-refractivity contribution is -0.168. The predicted molar refractivity (Wildman–Crippen MR) is 117 cm³/mol. The molecular weight excluding hydrogens is 428 g/mol. The Morgan fingerprint density at radius 1 is 0.485 bits per heavy atom. The summed E-state index contributed by atoms with van der Waals surface area (Å²) < 4.78 is 19.5. The van der Waals surface area contributed by atoms with Gasteiger partial charge in [-0.05, 0) is 24.0 Å². The highest BCUT2D eigenvalue weighted by Gasteiger charge is 2.09. The molecule has 2 rings (SSSR count). The van der Waals surface area contributed by atoms with Crippen molar-refractivity contribution < 1.29 is 38.1 Å². The number of rotatable bonds is 14. The second kappa shape index (κ2) is 15.2. The maximum atomic E-state index is 11.7. The van der Waals surface area contributed by atoms with Crippen molar-refractivity contribution >= 4 is 23.9 Å². The van der Waals surface area contributed by atoms with E-state index < -0.39 is 37.5 Å². The summed E-state index contributed by atoms with van der Waals surface area (Å²) in [5, 5.41) is 0. The molecule has 0 aliphatic carbocycles. The molecule has 0 spiro atoms. The summed E-state index contributed by atoms with van der Waals surface area (Å²) in [5.41, 5.74) is 1.63. The average Bonchev–Trinajstić information content (AvgIpc) is 2.80. The third-order valence-corrected chi connectivity index (χ3v) is 4.52. The zero-order valence-corrected chi connectivity index (χ0v) is 18.4. The first-order chi connectivity index (χ1) is 16.0. The van der Waals surface area contributed by atoms with Crippen LogP contribution < -0.4 is 0 Å². The quantitative estimate of drug-likeness (QED) is 0.242. The lowest BCUT2D eigenvalue weighted by atomic mass is 10.1. The molecule has 2 aromatic rings. The van der Waals surface area contributed by atoms with Crippen molar-refractivity contribution in [1.29, 1.82) is 0 Å². The summed E-state index contributed by atoms with van der Waals surface area (Å²) in [6, 6.07) is 18.2. The molecule has 8 nitrogen and oxygen atoms in total. The molecule has 0 aromatic heterocycles. The van der Waals surface area contributed by atoms with Crippen molar-refractivity contribution in [3.63, 3.8) is 0 Å². The maximum Gasteiger partial charge on any atom is 0.313 e. The molecule has 0 unspecified atom stereocenters. The number of carbonyl (C=O) groups excluding carboxylic acids is 4. The Hall–Kier alpha value is -3.68. The molecule has 0 fully saturated rings. The van der Waals surface area contributed by atoms with Gasteiger partial charge in [0.15, 0.2) is 0 Å². The Labute approximate surface area is 192 Å². The smallest absolute Gasteiger partial charge is 0.313 e. The van der Waals surface area contributed by atoms with E-state index in [9.17, 15) is 19.2 Å². The van der Waals surface area contributed by atoms with E-state index in [4.69, 9.17) is 18.9 Å². The maximum absolute atomic E-state index is 11.7. The number of carbonyl (C=O) groups is 4. The van der Waals surface area contributed by atoms with Gasteiger partial charge < -0.3 is 18.9 Å². The fourth-order valence-electron chi connectivity index (χ4n) is 2.81. The average molecular weight is 456 g/mol. The summed E-state index contributed by atoms with van der Waals surface area (Å²) in [4.78, 5) is 46.7. The third-order valence-electron chi connectivity index (χ3n) is 4.52. The Morgan fingerprint density at radius 3 is 1.24 bits per heavy atom. The van der Waals surface area contributed by atoms with Crippen molar-refractivity contribution in [2.24, 2.45) is 0 Å². The molecule has 0 heterocycles. The summed E-state index contributed by atoms with van der Waals surface area (Å²) in [6.07, 6.45) is 2.20. The summed E-state index contributed by atoms with van der Waals surface area (Å²) in [5.74, 6) is -1.90. The van der Waals surface area contributed by atoms with Crippen LogP contribution in [0.15, 0.2) is 60.7 Å². The van der Waals surface area contributed by atoms with E-state index in [-0.39, 0.29) is 25.7 Å². The van der Waals surface area contributed by atoms with E-state index in [0.717, 1.165) is 11.1 Å². The normalized spacial score (nSPS) is 10.2. The van der Waals surface area contributed by atoms with E-state index in [1.807, 2.05) is 60.7 Å². The van der Waals surface area contributed by atoms with Gasteiger partial charge in [0.05, 0.1) is 12.8 Å². The first-order valence-corrected chi connectivity index (χ1v) is 10.7. The van der Waals surface area contributed by atoms with Crippen LogP contribution in [0.4, 0.5) is 0 Å². The largest absolute Gasteiger partial charge is 0.428 e. The molecule has 2 aromatic carbocycles. The van der Waals surface area contributed by atoms with Crippen LogP contribution in [0.25, 0.3) is 0 Å². The lowest BCUT2D eigenvalue weighted by Gasteiger charge is -2.07. The highest BCUT2D eigenvalue weighted by Crippen LogP contribution is 2.06. The van der Waals surface area contributed by atoms with Crippen LogP contribution in [0.3, 0.4) is 0 Å². The number of benzene rings is 2. The Balaban J connectivity index is 1.42. The molecule has 0 amide bonds. The topological polar surface area (TPSA) is 105 Å². The van der Waals surface area contributed by atoms with E-state index >= 15 is 0 Å². The predicted octanol–water partition coefficient (Wildman–Crippen LogP) is 3.51. The third kappa shape index (κ3) is 12.1. The first kappa shape index (κ1) is 25.6. The van der Waals surface area contributed by atoms with Crippen molar-refractivity contribution in [3.05, 3.63) is 71.8 Å². The van der Waals surface area contributed by atoms with Gasteiger partial charge in [0.1, 0.15) is 0 Å². The van der Waals surface area contributed by atoms with Gasteiger partial charge in [0, 0.05) is 12.8 Å². The molecule has 176 valence electrons. The van der Waals surface area contributed by atoms with Gasteiger partial charge >= 0.3 is 23.9 Å². The highest BCUT2D eigenvalue weighted by atomic mass is 16.7. The van der Waals surface area contributed by atoms with Crippen molar-refractivity contribution in [3.8, 4) is 0 Å². The minimum absolute atomic E-state index is 0.112. The van der Waals surface area contributed by atoms with E-state index in [1.54, 1.807) is 0 Å². The van der Waals surface area contributed by atoms with Crippen LogP contribution in [-0.4, -0.2) is 37.5 Å². The first-order valence-electron chi connectivity index (χ1n) is 10.7. The minimum Gasteiger partial charge on any atom is -0.428 e. The molecule has 0 aliphatic rings. The van der Waals surface area contributed by atoms with Crippen molar-refractivity contribution in [2.75, 3.05) is 13.6 Å². The van der Waals surface area contributed by atoms with Crippen LogP contribution in [0.1, 0.15) is 43.2 Å². The van der Waals surface area contributed by atoms with Gasteiger partial charge in [-0.1, -0.05) is 67.1 Å². The lowest BCUT2D eigenvalue weighted by Crippen LogP contribution is -2.14. The van der Waals surface area contributed by atoms with Crippen molar-refractivity contribution in [2.45, 2.75) is 44.9 Å². The van der Waals surface area contributed by atoms with E-state index in [0.29, 0.717) is 19.3 Å². The fraction of sp³-hybridized carbons (Fsp3) is 0.360. The van der Waals surface area contributed by atoms with Crippen LogP contribution in [-0.2, 0) is 51.0 Å². The van der Waals surface area contributed by atoms with Crippen LogP contribution in [0.2, 0.25) is 0 Å². The Kier molecular flexibility index (Phi) is 11.8. The molecule has 0 saturated heterocycles. The number of unbranched alkanes of at least 4 members (excludes halogenated alkanes) is 2. The molecule has 8 heteroatoms. The molecule has 0 aliphatic heterocycles. The minimum atomic E-state index is -0.476. The zero-order chi connectivity index (χ0) is 23.7. The SMILES string of the molecule is O=C(CCCCCC(=O)OCOC(=O)Cc1ccccc1)OCOC(=O)Cc1ccccc1. The van der Waals surface area contributed by atoms with Crippen LogP contribution >= 0.6 is 0 Å². The van der Waals surface area contributed by atoms with Crippen molar-refractivity contribution in [1.82, 2.24) is 0 Å². The Bertz CT molecular complexity index is 806. The van der Waals surface area contributed by atoms with Gasteiger partial charge in [0.2, 0.25) is 13.6 Å². The van der Waals surface area contributed by atoms with E-state index in [2.05, 4.69) is 0 Å². The second-order valence-electron chi connectivity index (χ2n) is 7.19. The molecule has 0 bridgehead atoms. The molecule has 33 heavy (non-hydrogen) atoms. The molecule has 0 saturated carbocycles. The molecular formula is C25H28O8. The summed E-state index contributed by atoms with van der Waals surface area (Å²) in [6.45, 7) is -0.834. The van der Waals surface area contributed by atoms with Gasteiger partial charge in [0.25, 0.3) is 0 Å². The van der Waals surface area contributed by atoms with E-state index in [1.165, 1.54) is 0 Å². The van der Waals surface area contributed by atoms with Crippen LogP contribution in [0, 0.1) is 0 Å². The number of esters is 4. The second-order valence-corrected chi connectivity index (χ2v) is 7.19. The van der Waals surface area contributed by atoms with Gasteiger partial charge in [-0.15, -0.1) is 0 Å². The number of hydrogen-bond donors (Lipinski definition) is 0. The van der Waals surface area contributed by atoms with Crippen LogP contribution in [0.5, 0.6) is 0 Å². The van der Waals surface area contributed by atoms with Gasteiger partial charge in [-0.2, -0.15) is 0 Å². The van der Waals surface area contributed by atoms with Gasteiger partial charge in [-0.25, -0.2) is 0 Å². The monoisotopic (exact) mass is 456 g/mol. The fourth-order valence-corrected chi connectivity index (χ4v) is 2.81. The summed E-state index contributed by atoms with van der Waals surface area (Å²) in [7, 11) is 0. The number of hydrogen-bond acceptors (Lipinski definition) is 8. The molecule has 0 radical (unpaired) electrons. The molecule has 0 atom stereocenters. The summed E-state index contributed by atoms with van der Waals surface area (Å²) >= 11 is 0. The zero-order valence-electron chi connectivity index (χ0n) is 18.4. The highest BCUT2D eigenvalue weighted by molar-refractivity contribution is 5.73. The standard InChI is InChI=1S/C25H28O8/c26-22(30-18-32-24(28)16-20-10-4-1-5-11-20)14-8-3-9-15-23(27)31-19-33-25(29)17-21-12-6-2-7-13-21/h1-2,4-7,10-13H,3,8-9,14-19H2. The Morgan fingerprint density at radius 2 is 0.848 bits per heavy atom.